The Balaban J connectivity index is 1.61. The Morgan fingerprint density at radius 1 is 0.971 bits per heavy atom. The zero-order chi connectivity index (χ0) is 25.8. The van der Waals surface area contributed by atoms with E-state index in [-0.39, 0.29) is 51.9 Å². The number of rotatable bonds is 2. The van der Waals surface area contributed by atoms with Crippen molar-refractivity contribution in [2.24, 2.45) is 56.7 Å². The van der Waals surface area contributed by atoms with Crippen molar-refractivity contribution in [3.8, 4) is 0 Å². The maximum absolute atomic E-state index is 12.6. The Labute approximate surface area is 211 Å². The van der Waals surface area contributed by atoms with Gasteiger partial charge in [0.2, 0.25) is 0 Å². The molecule has 0 aliphatic heterocycles. The third-order valence-corrected chi connectivity index (χ3v) is 12.9. The molecule has 4 N–H and O–H groups in total. The minimum atomic E-state index is -0.920. The molecule has 0 aromatic heterocycles. The Bertz CT molecular complexity index is 926. The quantitative estimate of drug-likeness (QED) is 0.409. The van der Waals surface area contributed by atoms with Crippen molar-refractivity contribution in [1.29, 1.82) is 0 Å². The first kappa shape index (κ1) is 25.7. The molecule has 5 aliphatic rings. The van der Waals surface area contributed by atoms with Crippen molar-refractivity contribution in [2.45, 2.75) is 105 Å². The number of fused-ring (bicyclic) bond motifs is 7. The lowest BCUT2D eigenvalue weighted by Gasteiger charge is -2.71. The number of aliphatic hydroxyl groups is 3. The van der Waals surface area contributed by atoms with Crippen LogP contribution in [0.1, 0.15) is 92.9 Å². The highest BCUT2D eigenvalue weighted by Crippen LogP contribution is 2.75. The second-order valence-electron chi connectivity index (χ2n) is 15.0. The number of aliphatic carboxylic acids is 1. The lowest BCUT2D eigenvalue weighted by molar-refractivity contribution is -0.243. The zero-order valence-electron chi connectivity index (χ0n) is 22.7. The summed E-state index contributed by atoms with van der Waals surface area (Å²) in [6.45, 7) is 13.6. The van der Waals surface area contributed by atoms with Gasteiger partial charge in [-0.3, -0.25) is 4.79 Å². The van der Waals surface area contributed by atoms with Crippen LogP contribution in [0.4, 0.5) is 0 Å². The van der Waals surface area contributed by atoms with E-state index in [1.165, 1.54) is 5.57 Å². The van der Waals surface area contributed by atoms with Crippen LogP contribution in [0, 0.1) is 56.7 Å². The first-order valence-electron chi connectivity index (χ1n) is 14.0. The molecular formula is C30H48O5. The number of hydrogen-bond acceptors (Lipinski definition) is 4. The monoisotopic (exact) mass is 488 g/mol. The van der Waals surface area contributed by atoms with Gasteiger partial charge in [0.05, 0.1) is 24.7 Å². The molecule has 11 unspecified atom stereocenters. The minimum Gasteiger partial charge on any atom is -0.481 e. The van der Waals surface area contributed by atoms with Crippen molar-refractivity contribution in [3.63, 3.8) is 0 Å². The van der Waals surface area contributed by atoms with Crippen LogP contribution in [0.5, 0.6) is 0 Å². The van der Waals surface area contributed by atoms with Crippen LogP contribution in [-0.4, -0.2) is 45.2 Å². The third-order valence-electron chi connectivity index (χ3n) is 12.9. The van der Waals surface area contributed by atoms with E-state index < -0.39 is 23.6 Å². The summed E-state index contributed by atoms with van der Waals surface area (Å²) in [5.41, 5.74) is 0.522. The molecule has 35 heavy (non-hydrogen) atoms. The molecule has 5 nitrogen and oxygen atoms in total. The van der Waals surface area contributed by atoms with Crippen LogP contribution in [-0.2, 0) is 4.79 Å². The summed E-state index contributed by atoms with van der Waals surface area (Å²) in [7, 11) is 0. The van der Waals surface area contributed by atoms with E-state index in [1.807, 2.05) is 6.92 Å². The first-order chi connectivity index (χ1) is 16.1. The van der Waals surface area contributed by atoms with Gasteiger partial charge in [0.25, 0.3) is 0 Å². The summed E-state index contributed by atoms with van der Waals surface area (Å²) in [5.74, 6) is 0.0310. The fraction of sp³-hybridized carbons (Fsp3) is 0.900. The third kappa shape index (κ3) is 3.26. The van der Waals surface area contributed by atoms with Crippen LogP contribution < -0.4 is 0 Å². The highest BCUT2D eigenvalue weighted by molar-refractivity contribution is 5.71. The average molecular weight is 489 g/mol. The van der Waals surface area contributed by atoms with E-state index in [2.05, 4.69) is 40.7 Å². The SMILES string of the molecule is CC1(C)CCC2C(C(=O)O)CC3(C)C(=CCC4C5(C)CC(O)C(O)C(C)(CO)C5CCC43C)C2C1. The standard InChI is InChI=1S/C30H48O5/c1-26(2)11-9-17-18(13-26)20-7-8-23-27(3)15-21(32)24(33)28(4,16-31)22(27)10-12-29(23,5)30(20,6)14-19(17)25(34)35/h7,17-19,21-24,31-33H,8-16H2,1-6H3,(H,34,35). The molecule has 5 aliphatic carbocycles. The maximum atomic E-state index is 12.6. The van der Waals surface area contributed by atoms with E-state index in [0.717, 1.165) is 38.5 Å². The second kappa shape index (κ2) is 7.80. The Kier molecular flexibility index (Phi) is 5.73. The van der Waals surface area contributed by atoms with Gasteiger partial charge in [-0.25, -0.2) is 0 Å². The van der Waals surface area contributed by atoms with Crippen molar-refractivity contribution in [3.05, 3.63) is 11.6 Å². The van der Waals surface area contributed by atoms with Crippen LogP contribution in [0.2, 0.25) is 0 Å². The summed E-state index contributed by atoms with van der Waals surface area (Å²) in [4.78, 5) is 12.6. The van der Waals surface area contributed by atoms with Crippen molar-refractivity contribution >= 4 is 5.97 Å². The smallest absolute Gasteiger partial charge is 0.306 e. The number of carbonyl (C=O) groups is 1. The van der Waals surface area contributed by atoms with E-state index >= 15 is 0 Å². The van der Waals surface area contributed by atoms with Crippen LogP contribution >= 0.6 is 0 Å². The normalized spacial score (nSPS) is 55.0. The van der Waals surface area contributed by atoms with Gasteiger partial charge in [-0.2, -0.15) is 0 Å². The molecule has 4 saturated carbocycles. The lowest BCUT2D eigenvalue weighted by atomic mass is 9.33. The van der Waals surface area contributed by atoms with Crippen LogP contribution in [0.15, 0.2) is 11.6 Å². The van der Waals surface area contributed by atoms with Crippen molar-refractivity contribution in [2.75, 3.05) is 6.61 Å². The van der Waals surface area contributed by atoms with Crippen LogP contribution in [0.25, 0.3) is 0 Å². The van der Waals surface area contributed by atoms with E-state index in [4.69, 9.17) is 0 Å². The number of carboxylic acid groups (broad SMARTS) is 1. The molecule has 0 bridgehead atoms. The fourth-order valence-corrected chi connectivity index (χ4v) is 10.9. The molecule has 4 fully saturated rings. The number of carboxylic acids is 1. The average Bonchev–Trinajstić information content (AvgIpc) is 2.76. The highest BCUT2D eigenvalue weighted by Gasteiger charge is 2.69. The molecule has 0 spiro atoms. The number of allylic oxidation sites excluding steroid dienone is 2. The molecule has 0 radical (unpaired) electrons. The number of aliphatic hydroxyl groups excluding tert-OH is 3. The molecule has 0 amide bonds. The summed E-state index contributed by atoms with van der Waals surface area (Å²) < 4.78 is 0. The first-order valence-corrected chi connectivity index (χ1v) is 14.0. The van der Waals surface area contributed by atoms with Crippen molar-refractivity contribution in [1.82, 2.24) is 0 Å². The fourth-order valence-electron chi connectivity index (χ4n) is 10.9. The summed E-state index contributed by atoms with van der Waals surface area (Å²) in [5, 5.41) is 42.7. The van der Waals surface area contributed by atoms with E-state index in [9.17, 15) is 25.2 Å². The van der Waals surface area contributed by atoms with Gasteiger partial charge in [-0.1, -0.05) is 53.2 Å². The largest absolute Gasteiger partial charge is 0.481 e. The topological polar surface area (TPSA) is 98.0 Å². The van der Waals surface area contributed by atoms with Gasteiger partial charge in [-0.05, 0) is 96.7 Å². The van der Waals surface area contributed by atoms with Gasteiger partial charge >= 0.3 is 5.97 Å². The molecule has 0 aromatic carbocycles. The van der Waals surface area contributed by atoms with Crippen LogP contribution in [0.3, 0.4) is 0 Å². The number of hydrogen-bond donors (Lipinski definition) is 4. The Morgan fingerprint density at radius 2 is 1.66 bits per heavy atom. The van der Waals surface area contributed by atoms with Gasteiger partial charge in [0.15, 0.2) is 0 Å². The summed E-state index contributed by atoms with van der Waals surface area (Å²) >= 11 is 0. The van der Waals surface area contributed by atoms with Crippen molar-refractivity contribution < 1.29 is 25.2 Å². The molecule has 0 aromatic rings. The molecule has 0 heterocycles. The maximum Gasteiger partial charge on any atom is 0.306 e. The van der Waals surface area contributed by atoms with E-state index in [0.29, 0.717) is 18.8 Å². The highest BCUT2D eigenvalue weighted by atomic mass is 16.4. The molecule has 198 valence electrons. The van der Waals surface area contributed by atoms with Gasteiger partial charge in [0.1, 0.15) is 0 Å². The molecule has 5 heteroatoms. The lowest BCUT2D eigenvalue weighted by Crippen LogP contribution is -2.68. The van der Waals surface area contributed by atoms with Gasteiger partial charge < -0.3 is 20.4 Å². The summed E-state index contributed by atoms with van der Waals surface area (Å²) in [6.07, 6.45) is 7.93. The zero-order valence-corrected chi connectivity index (χ0v) is 22.7. The van der Waals surface area contributed by atoms with Gasteiger partial charge in [-0.15, -0.1) is 0 Å². The van der Waals surface area contributed by atoms with E-state index in [1.54, 1.807) is 0 Å². The predicted molar refractivity (Wildman–Crippen MR) is 135 cm³/mol. The molecular weight excluding hydrogens is 440 g/mol. The molecule has 0 saturated heterocycles. The van der Waals surface area contributed by atoms with Gasteiger partial charge in [0, 0.05) is 5.41 Å². The predicted octanol–water partition coefficient (Wildman–Crippen LogP) is 5.03. The molecule has 5 rings (SSSR count). The Morgan fingerprint density at radius 3 is 2.29 bits per heavy atom. The second-order valence-corrected chi connectivity index (χ2v) is 15.0. The molecule has 11 atom stereocenters. The summed E-state index contributed by atoms with van der Waals surface area (Å²) in [6, 6.07) is 0. The minimum absolute atomic E-state index is 0.0824. The Hall–Kier alpha value is -0.910.